The average molecular weight is 241 g/mol. The smallest absolute Gasteiger partial charge is 0.311 e. The summed E-state index contributed by atoms with van der Waals surface area (Å²) in [5.74, 6) is 0.449. The number of aromatic nitrogens is 1. The third-order valence-electron chi connectivity index (χ3n) is 2.20. The molecule has 0 amide bonds. The molecule has 0 fully saturated rings. The minimum Gasteiger partial charge on any atom is -0.481 e. The molecule has 1 heterocycles. The second-order valence-electron chi connectivity index (χ2n) is 3.54. The molecule has 0 aromatic carbocycles. The number of hydrogen-bond donors (Lipinski definition) is 2. The van der Waals surface area contributed by atoms with E-state index in [-0.39, 0.29) is 24.2 Å². The zero-order valence-corrected chi connectivity index (χ0v) is 9.71. The van der Waals surface area contributed by atoms with Crippen molar-refractivity contribution >= 4 is 11.5 Å². The molecule has 0 radical (unpaired) electrons. The predicted octanol–water partition coefficient (Wildman–Crippen LogP) is 1.18. The van der Waals surface area contributed by atoms with Gasteiger partial charge in [0, 0.05) is 24.8 Å². The highest BCUT2D eigenvalue weighted by molar-refractivity contribution is 5.57. The lowest BCUT2D eigenvalue weighted by atomic mass is 10.2. The fraction of sp³-hybridized carbons (Fsp3) is 0.500. The summed E-state index contributed by atoms with van der Waals surface area (Å²) in [5, 5.41) is 22.4. The number of aliphatic hydroxyl groups is 1. The first kappa shape index (κ1) is 13.2. The van der Waals surface area contributed by atoms with Crippen LogP contribution in [0.5, 0.6) is 5.88 Å². The molecule has 7 nitrogen and oxygen atoms in total. The van der Waals surface area contributed by atoms with E-state index in [0.717, 1.165) is 0 Å². The maximum atomic E-state index is 10.8. The number of rotatable bonds is 6. The van der Waals surface area contributed by atoms with Gasteiger partial charge in [-0.3, -0.25) is 10.1 Å². The number of nitro groups is 1. The number of nitrogens with zero attached hydrogens (tertiary/aromatic N) is 2. The van der Waals surface area contributed by atoms with Crippen molar-refractivity contribution < 1.29 is 14.8 Å². The minimum atomic E-state index is -0.513. The molecule has 17 heavy (non-hydrogen) atoms. The molecule has 0 bridgehead atoms. The Kier molecular flexibility index (Phi) is 4.65. The van der Waals surface area contributed by atoms with Crippen LogP contribution in [0.1, 0.15) is 13.3 Å². The van der Waals surface area contributed by atoms with Gasteiger partial charge in [0.1, 0.15) is 0 Å². The fourth-order valence-electron chi connectivity index (χ4n) is 1.30. The number of anilines is 1. The van der Waals surface area contributed by atoms with Crippen molar-refractivity contribution in [2.24, 2.45) is 0 Å². The standard InChI is InChI=1S/C10H15N3O4/c1-7(5-6-14)11-10-8(13(15)16)3-4-9(12-10)17-2/h3-4,7,14H,5-6H2,1-2H3,(H,11,12). The summed E-state index contributed by atoms with van der Waals surface area (Å²) in [6.45, 7) is 1.81. The van der Waals surface area contributed by atoms with Crippen molar-refractivity contribution in [1.82, 2.24) is 4.98 Å². The summed E-state index contributed by atoms with van der Waals surface area (Å²) < 4.78 is 4.91. The van der Waals surface area contributed by atoms with Crippen molar-refractivity contribution in [3.8, 4) is 5.88 Å². The maximum absolute atomic E-state index is 10.8. The summed E-state index contributed by atoms with van der Waals surface area (Å²) in [5.41, 5.74) is -0.115. The van der Waals surface area contributed by atoms with Crippen LogP contribution in [0.25, 0.3) is 0 Å². The van der Waals surface area contributed by atoms with Crippen LogP contribution in [0.4, 0.5) is 11.5 Å². The Hall–Kier alpha value is -1.89. The van der Waals surface area contributed by atoms with Gasteiger partial charge in [-0.2, -0.15) is 4.98 Å². The molecule has 2 N–H and O–H groups in total. The highest BCUT2D eigenvalue weighted by Crippen LogP contribution is 2.25. The van der Waals surface area contributed by atoms with Gasteiger partial charge in [-0.05, 0) is 13.3 Å². The largest absolute Gasteiger partial charge is 0.481 e. The van der Waals surface area contributed by atoms with E-state index in [0.29, 0.717) is 12.3 Å². The van der Waals surface area contributed by atoms with E-state index >= 15 is 0 Å². The number of ether oxygens (including phenoxy) is 1. The molecule has 0 aliphatic rings. The first-order chi connectivity index (χ1) is 8.08. The molecule has 0 saturated carbocycles. The van der Waals surface area contributed by atoms with Gasteiger partial charge in [0.05, 0.1) is 12.0 Å². The zero-order chi connectivity index (χ0) is 12.8. The summed E-state index contributed by atoms with van der Waals surface area (Å²) in [4.78, 5) is 14.3. The third-order valence-corrected chi connectivity index (χ3v) is 2.20. The van der Waals surface area contributed by atoms with Gasteiger partial charge in [0.15, 0.2) is 0 Å². The topological polar surface area (TPSA) is 97.5 Å². The van der Waals surface area contributed by atoms with E-state index in [1.54, 1.807) is 6.92 Å². The Morgan fingerprint density at radius 2 is 2.35 bits per heavy atom. The number of nitrogens with one attached hydrogen (secondary N) is 1. The molecule has 94 valence electrons. The number of pyridine rings is 1. The number of hydrogen-bond acceptors (Lipinski definition) is 6. The van der Waals surface area contributed by atoms with E-state index in [1.165, 1.54) is 19.2 Å². The molecule has 0 aliphatic heterocycles. The van der Waals surface area contributed by atoms with Gasteiger partial charge < -0.3 is 15.2 Å². The van der Waals surface area contributed by atoms with E-state index in [1.807, 2.05) is 0 Å². The normalized spacial score (nSPS) is 11.9. The maximum Gasteiger partial charge on any atom is 0.311 e. The van der Waals surface area contributed by atoms with Crippen LogP contribution >= 0.6 is 0 Å². The fourth-order valence-corrected chi connectivity index (χ4v) is 1.30. The van der Waals surface area contributed by atoms with Crippen molar-refractivity contribution in [2.75, 3.05) is 19.0 Å². The molecule has 1 aromatic heterocycles. The Morgan fingerprint density at radius 3 is 2.88 bits per heavy atom. The molecule has 7 heteroatoms. The quantitative estimate of drug-likeness (QED) is 0.573. The van der Waals surface area contributed by atoms with Crippen LogP contribution in [0.3, 0.4) is 0 Å². The second kappa shape index (κ2) is 6.00. The van der Waals surface area contributed by atoms with Crippen molar-refractivity contribution in [3.63, 3.8) is 0 Å². The molecular weight excluding hydrogens is 226 g/mol. The first-order valence-corrected chi connectivity index (χ1v) is 5.15. The summed E-state index contributed by atoms with van der Waals surface area (Å²) in [6.07, 6.45) is 0.482. The molecule has 0 saturated heterocycles. The molecule has 0 spiro atoms. The molecule has 0 aliphatic carbocycles. The third kappa shape index (κ3) is 3.56. The van der Waals surface area contributed by atoms with Crippen LogP contribution in [-0.2, 0) is 0 Å². The Morgan fingerprint density at radius 1 is 1.65 bits per heavy atom. The molecular formula is C10H15N3O4. The van der Waals surface area contributed by atoms with Crippen LogP contribution in [0.2, 0.25) is 0 Å². The Bertz CT molecular complexity index is 397. The molecule has 1 rings (SSSR count). The van der Waals surface area contributed by atoms with Gasteiger partial charge in [0.25, 0.3) is 0 Å². The second-order valence-corrected chi connectivity index (χ2v) is 3.54. The van der Waals surface area contributed by atoms with Gasteiger partial charge in [-0.25, -0.2) is 0 Å². The predicted molar refractivity (Wildman–Crippen MR) is 62.2 cm³/mol. The first-order valence-electron chi connectivity index (χ1n) is 5.15. The lowest BCUT2D eigenvalue weighted by molar-refractivity contribution is -0.384. The van der Waals surface area contributed by atoms with Crippen molar-refractivity contribution in [1.29, 1.82) is 0 Å². The zero-order valence-electron chi connectivity index (χ0n) is 9.71. The van der Waals surface area contributed by atoms with Crippen LogP contribution < -0.4 is 10.1 Å². The van der Waals surface area contributed by atoms with E-state index in [2.05, 4.69) is 10.3 Å². The van der Waals surface area contributed by atoms with Crippen molar-refractivity contribution in [3.05, 3.63) is 22.2 Å². The molecule has 1 aromatic rings. The number of aliphatic hydroxyl groups excluding tert-OH is 1. The highest BCUT2D eigenvalue weighted by atomic mass is 16.6. The molecule has 1 unspecified atom stereocenters. The van der Waals surface area contributed by atoms with Crippen LogP contribution in [-0.4, -0.2) is 34.8 Å². The number of methoxy groups -OCH3 is 1. The Labute approximate surface area is 98.6 Å². The average Bonchev–Trinajstić information content (AvgIpc) is 2.28. The van der Waals surface area contributed by atoms with Gasteiger partial charge in [0.2, 0.25) is 11.7 Å². The van der Waals surface area contributed by atoms with E-state index < -0.39 is 4.92 Å². The Balaban J connectivity index is 2.96. The van der Waals surface area contributed by atoms with Crippen LogP contribution in [0, 0.1) is 10.1 Å². The SMILES string of the molecule is COc1ccc([N+](=O)[O-])c(NC(C)CCO)n1. The summed E-state index contributed by atoms with van der Waals surface area (Å²) >= 11 is 0. The highest BCUT2D eigenvalue weighted by Gasteiger charge is 2.17. The van der Waals surface area contributed by atoms with Crippen molar-refractivity contribution in [2.45, 2.75) is 19.4 Å². The van der Waals surface area contributed by atoms with Gasteiger partial charge in [-0.1, -0.05) is 0 Å². The summed E-state index contributed by atoms with van der Waals surface area (Å²) in [7, 11) is 1.44. The summed E-state index contributed by atoms with van der Waals surface area (Å²) in [6, 6.07) is 2.65. The monoisotopic (exact) mass is 241 g/mol. The lowest BCUT2D eigenvalue weighted by Gasteiger charge is -2.13. The van der Waals surface area contributed by atoms with Gasteiger partial charge >= 0.3 is 5.69 Å². The van der Waals surface area contributed by atoms with Gasteiger partial charge in [-0.15, -0.1) is 0 Å². The minimum absolute atomic E-state index is 0.00589. The van der Waals surface area contributed by atoms with E-state index in [4.69, 9.17) is 9.84 Å². The lowest BCUT2D eigenvalue weighted by Crippen LogP contribution is -2.18. The molecule has 1 atom stereocenters. The van der Waals surface area contributed by atoms with E-state index in [9.17, 15) is 10.1 Å². The van der Waals surface area contributed by atoms with Crippen LogP contribution in [0.15, 0.2) is 12.1 Å².